The summed E-state index contributed by atoms with van der Waals surface area (Å²) < 4.78 is 4.29. The van der Waals surface area contributed by atoms with Crippen molar-refractivity contribution in [2.45, 2.75) is 45.8 Å². The second-order valence-electron chi connectivity index (χ2n) is 6.82. The van der Waals surface area contributed by atoms with Gasteiger partial charge < -0.3 is 14.0 Å². The summed E-state index contributed by atoms with van der Waals surface area (Å²) in [4.78, 5) is 21.6. The van der Waals surface area contributed by atoms with Crippen LogP contribution in [0.2, 0.25) is 0 Å². The van der Waals surface area contributed by atoms with Gasteiger partial charge in [-0.2, -0.15) is 0 Å². The average molecular weight is 343 g/mol. The minimum atomic E-state index is 0.207. The molecule has 6 nitrogen and oxygen atoms in total. The maximum Gasteiger partial charge on any atom is 0.224 e. The lowest BCUT2D eigenvalue weighted by Crippen LogP contribution is -2.36. The Morgan fingerprint density at radius 1 is 1.16 bits per heavy atom. The molecular weight excluding hydrogens is 314 g/mol. The van der Waals surface area contributed by atoms with E-state index in [0.717, 1.165) is 51.5 Å². The molecule has 0 saturated carbocycles. The Balaban J connectivity index is 1.51. The zero-order chi connectivity index (χ0) is 17.6. The van der Waals surface area contributed by atoms with Crippen molar-refractivity contribution >= 4 is 5.91 Å². The predicted molar refractivity (Wildman–Crippen MR) is 98.1 cm³/mol. The highest BCUT2D eigenvalue weighted by Crippen LogP contribution is 2.15. The van der Waals surface area contributed by atoms with Crippen LogP contribution in [0.3, 0.4) is 0 Å². The van der Waals surface area contributed by atoms with Crippen LogP contribution >= 0.6 is 0 Å². The SMILES string of the molecule is CCn1ccnc1CN1CCCN(C(=O)CC(C)n2cccc2)CC1. The van der Waals surface area contributed by atoms with Crippen LogP contribution in [0.15, 0.2) is 36.9 Å². The van der Waals surface area contributed by atoms with Crippen LogP contribution in [-0.2, 0) is 17.9 Å². The normalized spacial score (nSPS) is 17.4. The molecule has 1 saturated heterocycles. The molecule has 1 aliphatic heterocycles. The molecule has 0 aromatic carbocycles. The third kappa shape index (κ3) is 4.51. The van der Waals surface area contributed by atoms with Gasteiger partial charge in [0.05, 0.1) is 6.54 Å². The molecular formula is C19H29N5O. The van der Waals surface area contributed by atoms with E-state index in [1.54, 1.807) is 0 Å². The fraction of sp³-hybridized carbons (Fsp3) is 0.579. The van der Waals surface area contributed by atoms with Gasteiger partial charge in [0, 0.05) is 70.0 Å². The van der Waals surface area contributed by atoms with Crippen LogP contribution in [-0.4, -0.2) is 56.0 Å². The zero-order valence-corrected chi connectivity index (χ0v) is 15.3. The Bertz CT molecular complexity index is 663. The van der Waals surface area contributed by atoms with E-state index < -0.39 is 0 Å². The van der Waals surface area contributed by atoms with Crippen LogP contribution < -0.4 is 0 Å². The van der Waals surface area contributed by atoms with Crippen molar-refractivity contribution in [3.8, 4) is 0 Å². The van der Waals surface area contributed by atoms with E-state index in [0.29, 0.717) is 6.42 Å². The van der Waals surface area contributed by atoms with Gasteiger partial charge in [-0.05, 0) is 32.4 Å². The molecule has 1 unspecified atom stereocenters. The summed E-state index contributed by atoms with van der Waals surface area (Å²) in [5, 5.41) is 0. The van der Waals surface area contributed by atoms with Crippen molar-refractivity contribution in [1.29, 1.82) is 0 Å². The fourth-order valence-corrected chi connectivity index (χ4v) is 3.49. The summed E-state index contributed by atoms with van der Waals surface area (Å²) in [7, 11) is 0. The van der Waals surface area contributed by atoms with Gasteiger partial charge in [0.2, 0.25) is 5.91 Å². The molecule has 6 heteroatoms. The molecule has 0 N–H and O–H groups in total. The topological polar surface area (TPSA) is 46.3 Å². The van der Waals surface area contributed by atoms with E-state index in [2.05, 4.69) is 32.9 Å². The first-order valence-electron chi connectivity index (χ1n) is 9.30. The molecule has 0 aliphatic carbocycles. The van der Waals surface area contributed by atoms with Crippen LogP contribution in [0.4, 0.5) is 0 Å². The van der Waals surface area contributed by atoms with Gasteiger partial charge in [-0.3, -0.25) is 9.69 Å². The summed E-state index contributed by atoms with van der Waals surface area (Å²) in [5.74, 6) is 1.38. The Hall–Kier alpha value is -2.08. The van der Waals surface area contributed by atoms with Crippen molar-refractivity contribution < 1.29 is 4.79 Å². The molecule has 3 rings (SSSR count). The fourth-order valence-electron chi connectivity index (χ4n) is 3.49. The molecule has 0 radical (unpaired) electrons. The van der Waals surface area contributed by atoms with Crippen molar-refractivity contribution in [2.24, 2.45) is 0 Å². The molecule has 2 aromatic heterocycles. The van der Waals surface area contributed by atoms with Crippen molar-refractivity contribution in [1.82, 2.24) is 23.9 Å². The molecule has 0 spiro atoms. The minimum Gasteiger partial charge on any atom is -0.351 e. The summed E-state index contributed by atoms with van der Waals surface area (Å²) in [6, 6.07) is 4.22. The third-order valence-electron chi connectivity index (χ3n) is 5.06. The van der Waals surface area contributed by atoms with Crippen LogP contribution in [0.5, 0.6) is 0 Å². The van der Waals surface area contributed by atoms with Gasteiger partial charge in [-0.15, -0.1) is 0 Å². The number of aromatic nitrogens is 3. The lowest BCUT2D eigenvalue weighted by molar-refractivity contribution is -0.131. The summed E-state index contributed by atoms with van der Waals surface area (Å²) in [6.07, 6.45) is 9.54. The number of carbonyl (C=O) groups excluding carboxylic acids is 1. The van der Waals surface area contributed by atoms with Gasteiger partial charge in [0.1, 0.15) is 5.82 Å². The number of hydrogen-bond acceptors (Lipinski definition) is 3. The Kier molecular flexibility index (Phi) is 5.91. The number of amides is 1. The third-order valence-corrected chi connectivity index (χ3v) is 5.06. The lowest BCUT2D eigenvalue weighted by Gasteiger charge is -2.24. The van der Waals surface area contributed by atoms with Crippen molar-refractivity contribution in [2.75, 3.05) is 26.2 Å². The van der Waals surface area contributed by atoms with E-state index in [1.165, 1.54) is 0 Å². The minimum absolute atomic E-state index is 0.207. The second kappa shape index (κ2) is 8.34. The number of nitrogens with zero attached hydrogens (tertiary/aromatic N) is 5. The first-order valence-corrected chi connectivity index (χ1v) is 9.30. The van der Waals surface area contributed by atoms with E-state index >= 15 is 0 Å². The molecule has 3 heterocycles. The van der Waals surface area contributed by atoms with Crippen molar-refractivity contribution in [3.63, 3.8) is 0 Å². The standard InChI is InChI=1S/C19H29N5O/c1-3-22-12-7-20-18(22)16-21-8-6-11-24(14-13-21)19(25)15-17(2)23-9-4-5-10-23/h4-5,7,9-10,12,17H,3,6,8,11,13-16H2,1-2H3. The predicted octanol–water partition coefficient (Wildman–Crippen LogP) is 2.39. The molecule has 0 bridgehead atoms. The van der Waals surface area contributed by atoms with Gasteiger partial charge >= 0.3 is 0 Å². The number of imidazole rings is 1. The quantitative estimate of drug-likeness (QED) is 0.809. The number of aryl methyl sites for hydroxylation is 1. The van der Waals surface area contributed by atoms with Gasteiger partial charge in [-0.1, -0.05) is 0 Å². The Morgan fingerprint density at radius 3 is 2.72 bits per heavy atom. The monoisotopic (exact) mass is 343 g/mol. The lowest BCUT2D eigenvalue weighted by atomic mass is 10.2. The largest absolute Gasteiger partial charge is 0.351 e. The number of carbonyl (C=O) groups is 1. The molecule has 1 fully saturated rings. The smallest absolute Gasteiger partial charge is 0.224 e. The molecule has 1 atom stereocenters. The molecule has 1 aliphatic rings. The summed E-state index contributed by atoms with van der Waals surface area (Å²) >= 11 is 0. The zero-order valence-electron chi connectivity index (χ0n) is 15.3. The van der Waals surface area contributed by atoms with Crippen LogP contribution in [0.25, 0.3) is 0 Å². The average Bonchev–Trinajstić information content (AvgIpc) is 3.23. The Morgan fingerprint density at radius 2 is 1.96 bits per heavy atom. The van der Waals surface area contributed by atoms with Crippen molar-refractivity contribution in [3.05, 3.63) is 42.7 Å². The Labute approximate surface area is 150 Å². The summed E-state index contributed by atoms with van der Waals surface area (Å²) in [6.45, 7) is 9.66. The molecule has 136 valence electrons. The molecule has 1 amide bonds. The van der Waals surface area contributed by atoms with Gasteiger partial charge in [0.25, 0.3) is 0 Å². The summed E-state index contributed by atoms with van der Waals surface area (Å²) in [5.41, 5.74) is 0. The maximum absolute atomic E-state index is 12.7. The van der Waals surface area contributed by atoms with E-state index in [1.807, 2.05) is 41.8 Å². The van der Waals surface area contributed by atoms with E-state index in [9.17, 15) is 4.79 Å². The highest BCUT2D eigenvalue weighted by molar-refractivity contribution is 5.76. The first-order chi connectivity index (χ1) is 12.2. The van der Waals surface area contributed by atoms with Crippen LogP contribution in [0.1, 0.15) is 38.6 Å². The van der Waals surface area contributed by atoms with E-state index in [-0.39, 0.29) is 11.9 Å². The second-order valence-corrected chi connectivity index (χ2v) is 6.82. The molecule has 25 heavy (non-hydrogen) atoms. The maximum atomic E-state index is 12.7. The first kappa shape index (κ1) is 17.7. The highest BCUT2D eigenvalue weighted by atomic mass is 16.2. The number of hydrogen-bond donors (Lipinski definition) is 0. The number of rotatable bonds is 6. The van der Waals surface area contributed by atoms with Gasteiger partial charge in [-0.25, -0.2) is 4.98 Å². The molecule has 2 aromatic rings. The van der Waals surface area contributed by atoms with Gasteiger partial charge in [0.15, 0.2) is 0 Å². The van der Waals surface area contributed by atoms with E-state index in [4.69, 9.17) is 0 Å². The highest BCUT2D eigenvalue weighted by Gasteiger charge is 2.21. The van der Waals surface area contributed by atoms with Crippen LogP contribution in [0, 0.1) is 0 Å².